The molecule has 5 rings (SSSR count). The standard InChI is InChI=1S/C21H25.C13H17.2CH3.Hf/c1-20(2,3)16-7-9-18-14(12-16)11-15-13-17(21(4,5)6)8-10-19(15)18;1-3-7-12(8-4-1)11-13-9-5-2-6-10-13;;;/h7-13H,1-6H3;1,3-4,7-8,11,13H,2,5-6,9-10H2;2*1H3;. The van der Waals surface area contributed by atoms with Crippen molar-refractivity contribution in [2.75, 3.05) is 0 Å². The molecule has 0 N–H and O–H groups in total. The van der Waals surface area contributed by atoms with E-state index in [2.05, 4.69) is 118 Å². The molecule has 1 saturated carbocycles. The van der Waals surface area contributed by atoms with Crippen molar-refractivity contribution in [3.05, 3.63) is 94.5 Å². The average Bonchev–Trinajstić information content (AvgIpc) is 3.18. The Balaban J connectivity index is 1.73. The van der Waals surface area contributed by atoms with Crippen molar-refractivity contribution < 1.29 is 20.0 Å². The van der Waals surface area contributed by atoms with E-state index in [1.54, 1.807) is 16.7 Å². The molecule has 1 fully saturated rings. The van der Waals surface area contributed by atoms with Crippen LogP contribution in [0.5, 0.6) is 0 Å². The summed E-state index contributed by atoms with van der Waals surface area (Å²) in [5.41, 5.74) is 11.2. The zero-order valence-electron chi connectivity index (χ0n) is 24.6. The van der Waals surface area contributed by atoms with Gasteiger partial charge >= 0.3 is 233 Å². The van der Waals surface area contributed by atoms with Crippen molar-refractivity contribution >= 4 is 0 Å². The molecule has 0 radical (unpaired) electrons. The second-order valence-corrected chi connectivity index (χ2v) is 32.0. The molecule has 0 spiro atoms. The maximum atomic E-state index is 2.82. The van der Waals surface area contributed by atoms with Crippen molar-refractivity contribution in [2.24, 2.45) is 5.92 Å². The van der Waals surface area contributed by atoms with Gasteiger partial charge in [-0.1, -0.05) is 0 Å². The molecule has 0 aromatic heterocycles. The first-order valence-electron chi connectivity index (χ1n) is 14.7. The Hall–Kier alpha value is -1.47. The third-order valence-electron chi connectivity index (χ3n) is 9.57. The van der Waals surface area contributed by atoms with Gasteiger partial charge in [0.1, 0.15) is 0 Å². The number of benzene rings is 3. The van der Waals surface area contributed by atoms with Crippen LogP contribution in [0.15, 0.2) is 66.7 Å². The molecule has 0 amide bonds. The zero-order chi connectivity index (χ0) is 26.6. The third-order valence-corrected chi connectivity index (χ3v) is 25.8. The van der Waals surface area contributed by atoms with Gasteiger partial charge in [0.15, 0.2) is 0 Å². The Bertz CT molecular complexity index is 1180. The Morgan fingerprint density at radius 3 is 1.59 bits per heavy atom. The molecule has 0 nitrogen and oxygen atoms in total. The van der Waals surface area contributed by atoms with Gasteiger partial charge in [0.05, 0.1) is 0 Å². The third kappa shape index (κ3) is 5.11. The summed E-state index contributed by atoms with van der Waals surface area (Å²) in [5.74, 6) is 0.844. The fourth-order valence-corrected chi connectivity index (χ4v) is 25.7. The number of hydrogen-bond acceptors (Lipinski definition) is 0. The van der Waals surface area contributed by atoms with Crippen molar-refractivity contribution in [3.8, 4) is 11.1 Å². The molecule has 3 aromatic carbocycles. The molecule has 0 aliphatic heterocycles. The molecular formula is C36H48Hf. The Labute approximate surface area is 231 Å². The molecule has 0 saturated heterocycles. The van der Waals surface area contributed by atoms with Gasteiger partial charge in [0.25, 0.3) is 0 Å². The minimum absolute atomic E-state index is 0.161. The van der Waals surface area contributed by atoms with E-state index >= 15 is 0 Å². The summed E-state index contributed by atoms with van der Waals surface area (Å²) in [6, 6.07) is 26.7. The van der Waals surface area contributed by atoms with Crippen LogP contribution in [0.4, 0.5) is 0 Å². The van der Waals surface area contributed by atoms with Crippen molar-refractivity contribution in [1.82, 2.24) is 0 Å². The minimum atomic E-state index is -3.08. The number of rotatable bonds is 4. The molecule has 1 atom stereocenters. The van der Waals surface area contributed by atoms with Crippen LogP contribution < -0.4 is 0 Å². The predicted octanol–water partition coefficient (Wildman–Crippen LogP) is 10.9. The van der Waals surface area contributed by atoms with Crippen LogP contribution in [0, 0.1) is 5.92 Å². The molecule has 2 aliphatic carbocycles. The summed E-state index contributed by atoms with van der Waals surface area (Å²) in [6.45, 7) is 14.2. The summed E-state index contributed by atoms with van der Waals surface area (Å²) < 4.78 is 7.00. The van der Waals surface area contributed by atoms with E-state index < -0.39 is 20.0 Å². The van der Waals surface area contributed by atoms with Gasteiger partial charge in [0.2, 0.25) is 0 Å². The van der Waals surface area contributed by atoms with E-state index in [0.29, 0.717) is 3.67 Å². The van der Waals surface area contributed by atoms with E-state index in [9.17, 15) is 0 Å². The fraction of sp³-hybridized carbons (Fsp3) is 0.500. The van der Waals surface area contributed by atoms with Crippen LogP contribution in [0.2, 0.25) is 9.36 Å². The Kier molecular flexibility index (Phi) is 7.27. The number of fused-ring (bicyclic) bond motifs is 3. The Morgan fingerprint density at radius 1 is 0.649 bits per heavy atom. The van der Waals surface area contributed by atoms with E-state index in [4.69, 9.17) is 0 Å². The fourth-order valence-electron chi connectivity index (χ4n) is 7.61. The molecule has 1 unspecified atom stereocenters. The zero-order valence-corrected chi connectivity index (χ0v) is 28.2. The molecular weight excluding hydrogens is 611 g/mol. The van der Waals surface area contributed by atoms with Gasteiger partial charge in [-0.05, 0) is 0 Å². The maximum absolute atomic E-state index is 3.08. The molecule has 3 aromatic rings. The van der Waals surface area contributed by atoms with E-state index in [0.717, 1.165) is 9.59 Å². The van der Waals surface area contributed by atoms with Crippen molar-refractivity contribution in [1.29, 1.82) is 0 Å². The summed E-state index contributed by atoms with van der Waals surface area (Å²) in [7, 11) is 0. The monoisotopic (exact) mass is 660 g/mol. The first-order valence-corrected chi connectivity index (χ1v) is 26.1. The van der Waals surface area contributed by atoms with Crippen LogP contribution >= 0.6 is 0 Å². The second-order valence-electron chi connectivity index (χ2n) is 14.6. The van der Waals surface area contributed by atoms with Gasteiger partial charge in [-0.2, -0.15) is 0 Å². The van der Waals surface area contributed by atoms with Crippen LogP contribution in [-0.4, -0.2) is 0 Å². The molecule has 1 heteroatoms. The van der Waals surface area contributed by atoms with Crippen LogP contribution in [0.1, 0.15) is 109 Å². The summed E-state index contributed by atoms with van der Waals surface area (Å²) in [6.07, 6.45) is 7.09. The molecule has 37 heavy (non-hydrogen) atoms. The summed E-state index contributed by atoms with van der Waals surface area (Å²) in [5, 5.41) is 0. The van der Waals surface area contributed by atoms with E-state index in [-0.39, 0.29) is 10.8 Å². The van der Waals surface area contributed by atoms with Gasteiger partial charge in [-0.15, -0.1) is 0 Å². The second kappa shape index (κ2) is 9.93. The quantitative estimate of drug-likeness (QED) is 0.245. The molecule has 0 heterocycles. The molecule has 0 bridgehead atoms. The normalized spacial score (nSPS) is 17.9. The van der Waals surface area contributed by atoms with E-state index in [1.165, 1.54) is 54.4 Å². The predicted molar refractivity (Wildman–Crippen MR) is 159 cm³/mol. The van der Waals surface area contributed by atoms with Crippen LogP contribution in [-0.2, 0) is 30.8 Å². The van der Waals surface area contributed by atoms with E-state index in [1.807, 2.05) is 0 Å². The summed E-state index contributed by atoms with van der Waals surface area (Å²) >= 11 is -3.08. The van der Waals surface area contributed by atoms with Crippen LogP contribution in [0.25, 0.3) is 11.1 Å². The first-order chi connectivity index (χ1) is 17.4. The van der Waals surface area contributed by atoms with Gasteiger partial charge < -0.3 is 0 Å². The van der Waals surface area contributed by atoms with Gasteiger partial charge in [-0.3, -0.25) is 0 Å². The molecule has 2 aliphatic rings. The van der Waals surface area contributed by atoms with Crippen LogP contribution in [0.3, 0.4) is 0 Å². The summed E-state index contributed by atoms with van der Waals surface area (Å²) in [4.78, 5) is 0. The van der Waals surface area contributed by atoms with Crippen molar-refractivity contribution in [3.63, 3.8) is 0 Å². The first kappa shape index (κ1) is 27.1. The van der Waals surface area contributed by atoms with Gasteiger partial charge in [-0.25, -0.2) is 0 Å². The van der Waals surface area contributed by atoms with Gasteiger partial charge in [0, 0.05) is 0 Å². The SMILES string of the molecule is CC(C)(C)c1ccc2c(c1)[CH]([Hf]([CH3])([CH3])[CH](c1ccccc1)C1CCCCC1)c1cc(C(C)(C)C)ccc1-2. The average molecular weight is 659 g/mol. The molecule has 196 valence electrons. The van der Waals surface area contributed by atoms with Crippen molar-refractivity contribution in [2.45, 2.75) is 101 Å². The topological polar surface area (TPSA) is 0 Å². The Morgan fingerprint density at radius 2 is 1.14 bits per heavy atom. The number of hydrogen-bond donors (Lipinski definition) is 0.